The standard InChI is InChI=1S/C12H19N3O/c1-9-5-4-6-11(7-9)16-10(2)8-15-12(13)14-3/h4-7,10H,8H2,1-3H3,(H3,13,14,15)/t10-/m0/s1. The van der Waals surface area contributed by atoms with Gasteiger partial charge in [0, 0.05) is 7.05 Å². The van der Waals surface area contributed by atoms with Crippen LogP contribution < -0.4 is 15.8 Å². The van der Waals surface area contributed by atoms with E-state index in [1.165, 1.54) is 5.56 Å². The number of nitrogens with two attached hydrogens (primary N) is 1. The zero-order valence-corrected chi connectivity index (χ0v) is 10.0. The smallest absolute Gasteiger partial charge is 0.188 e. The molecule has 0 radical (unpaired) electrons. The normalized spacial score (nSPS) is 13.3. The number of aliphatic imine (C=N–C) groups is 1. The first kappa shape index (κ1) is 12.4. The second-order valence-electron chi connectivity index (χ2n) is 3.73. The molecule has 4 heteroatoms. The minimum Gasteiger partial charge on any atom is -0.489 e. The Hall–Kier alpha value is -1.71. The van der Waals surface area contributed by atoms with E-state index in [9.17, 15) is 0 Å². The SMILES string of the molecule is CN=C(N)NC[C@H](C)Oc1cccc(C)c1. The minimum atomic E-state index is 0.0436. The van der Waals surface area contributed by atoms with Crippen molar-refractivity contribution in [2.24, 2.45) is 10.7 Å². The molecule has 0 spiro atoms. The quantitative estimate of drug-likeness (QED) is 0.595. The largest absolute Gasteiger partial charge is 0.489 e. The Morgan fingerprint density at radius 3 is 2.94 bits per heavy atom. The van der Waals surface area contributed by atoms with Gasteiger partial charge in [-0.25, -0.2) is 0 Å². The summed E-state index contributed by atoms with van der Waals surface area (Å²) in [6, 6.07) is 7.97. The van der Waals surface area contributed by atoms with Crippen LogP contribution in [-0.2, 0) is 0 Å². The van der Waals surface area contributed by atoms with Gasteiger partial charge in [-0.3, -0.25) is 4.99 Å². The summed E-state index contributed by atoms with van der Waals surface area (Å²) in [7, 11) is 1.65. The molecule has 0 unspecified atom stereocenters. The molecule has 0 saturated heterocycles. The van der Waals surface area contributed by atoms with E-state index in [2.05, 4.69) is 10.3 Å². The van der Waals surface area contributed by atoms with Crippen molar-refractivity contribution in [3.05, 3.63) is 29.8 Å². The van der Waals surface area contributed by atoms with E-state index >= 15 is 0 Å². The van der Waals surface area contributed by atoms with Gasteiger partial charge in [0.05, 0.1) is 6.54 Å². The molecule has 1 aromatic rings. The maximum atomic E-state index is 5.72. The fourth-order valence-electron chi connectivity index (χ4n) is 1.29. The van der Waals surface area contributed by atoms with Crippen LogP contribution in [0.25, 0.3) is 0 Å². The summed E-state index contributed by atoms with van der Waals surface area (Å²) in [6.45, 7) is 4.66. The highest BCUT2D eigenvalue weighted by Gasteiger charge is 2.03. The van der Waals surface area contributed by atoms with Gasteiger partial charge in [0.15, 0.2) is 5.96 Å². The van der Waals surface area contributed by atoms with Gasteiger partial charge in [-0.05, 0) is 31.5 Å². The number of ether oxygens (including phenoxy) is 1. The fourth-order valence-corrected chi connectivity index (χ4v) is 1.29. The summed E-state index contributed by atoms with van der Waals surface area (Å²) in [5.41, 5.74) is 6.71. The fraction of sp³-hybridized carbons (Fsp3) is 0.417. The van der Waals surface area contributed by atoms with E-state index in [1.54, 1.807) is 7.05 Å². The van der Waals surface area contributed by atoms with Crippen LogP contribution in [0.1, 0.15) is 12.5 Å². The lowest BCUT2D eigenvalue weighted by atomic mass is 10.2. The Morgan fingerprint density at radius 2 is 2.31 bits per heavy atom. The number of nitrogens with one attached hydrogen (secondary N) is 1. The molecule has 0 heterocycles. The third kappa shape index (κ3) is 4.21. The van der Waals surface area contributed by atoms with Gasteiger partial charge in [0.1, 0.15) is 11.9 Å². The molecule has 1 aromatic carbocycles. The third-order valence-corrected chi connectivity index (χ3v) is 2.14. The second kappa shape index (κ2) is 6.00. The van der Waals surface area contributed by atoms with E-state index in [0.717, 1.165) is 5.75 Å². The second-order valence-corrected chi connectivity index (χ2v) is 3.73. The first-order valence-corrected chi connectivity index (χ1v) is 5.31. The Bertz CT molecular complexity index is 363. The van der Waals surface area contributed by atoms with Crippen LogP contribution in [0.15, 0.2) is 29.3 Å². The first-order valence-electron chi connectivity index (χ1n) is 5.31. The lowest BCUT2D eigenvalue weighted by molar-refractivity contribution is 0.224. The van der Waals surface area contributed by atoms with Gasteiger partial charge in [-0.2, -0.15) is 0 Å². The van der Waals surface area contributed by atoms with Gasteiger partial charge in [-0.15, -0.1) is 0 Å². The Balaban J connectivity index is 2.42. The van der Waals surface area contributed by atoms with Crippen molar-refractivity contribution in [2.45, 2.75) is 20.0 Å². The van der Waals surface area contributed by atoms with Crippen molar-refractivity contribution in [2.75, 3.05) is 13.6 Å². The highest BCUT2D eigenvalue weighted by Crippen LogP contribution is 2.13. The molecule has 0 bridgehead atoms. The van der Waals surface area contributed by atoms with Crippen LogP contribution in [0.5, 0.6) is 5.75 Å². The topological polar surface area (TPSA) is 59.6 Å². The van der Waals surface area contributed by atoms with Gasteiger partial charge in [-0.1, -0.05) is 12.1 Å². The predicted molar refractivity (Wildman–Crippen MR) is 66.8 cm³/mol. The average Bonchev–Trinajstić information content (AvgIpc) is 2.26. The third-order valence-electron chi connectivity index (χ3n) is 2.14. The molecule has 0 amide bonds. The van der Waals surface area contributed by atoms with E-state index < -0.39 is 0 Å². The highest BCUT2D eigenvalue weighted by atomic mass is 16.5. The maximum Gasteiger partial charge on any atom is 0.188 e. The van der Waals surface area contributed by atoms with E-state index in [0.29, 0.717) is 12.5 Å². The Kier molecular flexibility index (Phi) is 4.64. The van der Waals surface area contributed by atoms with Crippen LogP contribution >= 0.6 is 0 Å². The molecule has 0 saturated carbocycles. The molecule has 0 aliphatic heterocycles. The van der Waals surface area contributed by atoms with Crippen LogP contribution in [0.2, 0.25) is 0 Å². The minimum absolute atomic E-state index is 0.0436. The van der Waals surface area contributed by atoms with Crippen LogP contribution in [0, 0.1) is 6.92 Å². The van der Waals surface area contributed by atoms with Crippen molar-refractivity contribution < 1.29 is 4.74 Å². The van der Waals surface area contributed by atoms with E-state index in [4.69, 9.17) is 10.5 Å². The molecule has 1 rings (SSSR count). The first-order chi connectivity index (χ1) is 7.61. The highest BCUT2D eigenvalue weighted by molar-refractivity contribution is 5.77. The number of rotatable bonds is 4. The maximum absolute atomic E-state index is 5.72. The molecule has 0 aromatic heterocycles. The van der Waals surface area contributed by atoms with E-state index in [-0.39, 0.29) is 6.10 Å². The number of aryl methyl sites for hydroxylation is 1. The molecule has 0 aliphatic rings. The van der Waals surface area contributed by atoms with Gasteiger partial charge >= 0.3 is 0 Å². The molecular weight excluding hydrogens is 202 g/mol. The van der Waals surface area contributed by atoms with Crippen LogP contribution in [-0.4, -0.2) is 25.7 Å². The van der Waals surface area contributed by atoms with Gasteiger partial charge in [0.25, 0.3) is 0 Å². The monoisotopic (exact) mass is 221 g/mol. The summed E-state index contributed by atoms with van der Waals surface area (Å²) in [4.78, 5) is 3.81. The number of benzene rings is 1. The predicted octanol–water partition coefficient (Wildman–Crippen LogP) is 1.30. The van der Waals surface area contributed by atoms with Crippen molar-refractivity contribution in [3.63, 3.8) is 0 Å². The zero-order valence-electron chi connectivity index (χ0n) is 10.0. The molecular formula is C12H19N3O. The van der Waals surface area contributed by atoms with Crippen molar-refractivity contribution in [1.82, 2.24) is 5.32 Å². The summed E-state index contributed by atoms with van der Waals surface area (Å²) >= 11 is 0. The lowest BCUT2D eigenvalue weighted by Gasteiger charge is -2.15. The van der Waals surface area contributed by atoms with Crippen molar-refractivity contribution in [3.8, 4) is 5.75 Å². The van der Waals surface area contributed by atoms with Gasteiger partial charge in [0.2, 0.25) is 0 Å². The number of hydrogen-bond donors (Lipinski definition) is 2. The summed E-state index contributed by atoms with van der Waals surface area (Å²) < 4.78 is 5.72. The zero-order chi connectivity index (χ0) is 12.0. The molecule has 4 nitrogen and oxygen atoms in total. The van der Waals surface area contributed by atoms with Gasteiger partial charge < -0.3 is 15.8 Å². The number of guanidine groups is 1. The summed E-state index contributed by atoms with van der Waals surface area (Å²) in [5.74, 6) is 1.31. The van der Waals surface area contributed by atoms with Crippen molar-refractivity contribution >= 4 is 5.96 Å². The lowest BCUT2D eigenvalue weighted by Crippen LogP contribution is -2.38. The van der Waals surface area contributed by atoms with Crippen LogP contribution in [0.4, 0.5) is 0 Å². The molecule has 3 N–H and O–H groups in total. The Labute approximate surface area is 96.5 Å². The number of nitrogens with zero attached hydrogens (tertiary/aromatic N) is 1. The van der Waals surface area contributed by atoms with E-state index in [1.807, 2.05) is 38.1 Å². The average molecular weight is 221 g/mol. The molecule has 0 fully saturated rings. The molecule has 0 aliphatic carbocycles. The summed E-state index contributed by atoms with van der Waals surface area (Å²) in [6.07, 6.45) is 0.0436. The number of hydrogen-bond acceptors (Lipinski definition) is 2. The van der Waals surface area contributed by atoms with Crippen LogP contribution in [0.3, 0.4) is 0 Å². The molecule has 16 heavy (non-hydrogen) atoms. The molecule has 1 atom stereocenters. The van der Waals surface area contributed by atoms with Crippen molar-refractivity contribution in [1.29, 1.82) is 0 Å². The Morgan fingerprint density at radius 1 is 1.56 bits per heavy atom. The summed E-state index contributed by atoms with van der Waals surface area (Å²) in [5, 5.41) is 2.97. The molecule has 88 valence electrons.